The van der Waals surface area contributed by atoms with Gasteiger partial charge in [-0.15, -0.1) is 0 Å². The van der Waals surface area contributed by atoms with Crippen LogP contribution in [0.4, 0.5) is 4.39 Å². The maximum atomic E-state index is 13.6. The molecule has 1 aromatic rings. The lowest BCUT2D eigenvalue weighted by Gasteiger charge is -2.37. The minimum Gasteiger partial charge on any atom is -0.378 e. The molecule has 0 radical (unpaired) electrons. The lowest BCUT2D eigenvalue weighted by molar-refractivity contribution is 0.00449. The molecule has 1 saturated heterocycles. The molecule has 1 aromatic carbocycles. The van der Waals surface area contributed by atoms with Crippen molar-refractivity contribution < 1.29 is 9.13 Å². The quantitative estimate of drug-likeness (QED) is 0.908. The van der Waals surface area contributed by atoms with E-state index < -0.39 is 0 Å². The Balaban J connectivity index is 2.03. The number of piperidine rings is 1. The molecule has 0 bridgehead atoms. The van der Waals surface area contributed by atoms with E-state index in [9.17, 15) is 4.39 Å². The average molecular weight is 301 g/mol. The molecule has 1 fully saturated rings. The first kappa shape index (κ1) is 15.7. The smallest absolute Gasteiger partial charge is 0.142 e. The molecule has 1 heterocycles. The normalized spacial score (nSPS) is 19.2. The van der Waals surface area contributed by atoms with Crippen molar-refractivity contribution in [1.82, 2.24) is 4.90 Å². The topological polar surface area (TPSA) is 38.5 Å². The largest absolute Gasteiger partial charge is 0.378 e. The molecular weight excluding hydrogens is 279 g/mol. The summed E-state index contributed by atoms with van der Waals surface area (Å²) in [6.07, 6.45) is 2.34. The van der Waals surface area contributed by atoms with Gasteiger partial charge in [-0.25, -0.2) is 4.39 Å². The van der Waals surface area contributed by atoms with Crippen molar-refractivity contribution in [3.63, 3.8) is 0 Å². The van der Waals surface area contributed by atoms with Gasteiger partial charge in [-0.05, 0) is 37.5 Å². The predicted octanol–water partition coefficient (Wildman–Crippen LogP) is 2.98. The van der Waals surface area contributed by atoms with Gasteiger partial charge in [-0.1, -0.05) is 17.7 Å². The second-order valence-electron chi connectivity index (χ2n) is 5.12. The van der Waals surface area contributed by atoms with Crippen LogP contribution in [0.15, 0.2) is 18.2 Å². The second-order valence-corrected chi connectivity index (χ2v) is 5.52. The van der Waals surface area contributed by atoms with Gasteiger partial charge in [-0.3, -0.25) is 4.90 Å². The van der Waals surface area contributed by atoms with Crippen LogP contribution in [-0.2, 0) is 4.74 Å². The van der Waals surface area contributed by atoms with E-state index in [1.807, 2.05) is 13.0 Å². The van der Waals surface area contributed by atoms with E-state index in [0.29, 0.717) is 12.6 Å². The zero-order valence-corrected chi connectivity index (χ0v) is 12.6. The number of ether oxygens (including phenoxy) is 1. The SMILES string of the molecule is CCOC1CCN(C(CN)c2ccc(Cl)c(F)c2)CC1. The highest BCUT2D eigenvalue weighted by Crippen LogP contribution is 2.27. The summed E-state index contributed by atoms with van der Waals surface area (Å²) in [5.74, 6) is -0.383. The van der Waals surface area contributed by atoms with Crippen LogP contribution in [-0.4, -0.2) is 37.2 Å². The van der Waals surface area contributed by atoms with Crippen molar-refractivity contribution in [3.05, 3.63) is 34.6 Å². The molecule has 1 atom stereocenters. The van der Waals surface area contributed by atoms with Crippen molar-refractivity contribution in [2.45, 2.75) is 31.9 Å². The third-order valence-electron chi connectivity index (χ3n) is 3.87. The van der Waals surface area contributed by atoms with E-state index in [2.05, 4.69) is 4.90 Å². The van der Waals surface area contributed by atoms with E-state index in [4.69, 9.17) is 22.1 Å². The maximum Gasteiger partial charge on any atom is 0.142 e. The van der Waals surface area contributed by atoms with Crippen LogP contribution in [0, 0.1) is 5.82 Å². The number of rotatable bonds is 5. The molecule has 0 spiro atoms. The Hall–Kier alpha value is -0.680. The molecule has 2 N–H and O–H groups in total. The van der Waals surface area contributed by atoms with Gasteiger partial charge >= 0.3 is 0 Å². The predicted molar refractivity (Wildman–Crippen MR) is 79.4 cm³/mol. The molecule has 0 saturated carbocycles. The minimum absolute atomic E-state index is 0.0457. The Bertz CT molecular complexity index is 436. The van der Waals surface area contributed by atoms with Crippen LogP contribution < -0.4 is 5.73 Å². The highest BCUT2D eigenvalue weighted by atomic mass is 35.5. The number of benzene rings is 1. The highest BCUT2D eigenvalue weighted by Gasteiger charge is 2.25. The van der Waals surface area contributed by atoms with Crippen LogP contribution in [0.5, 0.6) is 0 Å². The lowest BCUT2D eigenvalue weighted by Crippen LogP contribution is -2.41. The highest BCUT2D eigenvalue weighted by molar-refractivity contribution is 6.30. The number of hydrogen-bond acceptors (Lipinski definition) is 3. The van der Waals surface area contributed by atoms with E-state index in [-0.39, 0.29) is 16.9 Å². The number of likely N-dealkylation sites (tertiary alicyclic amines) is 1. The fraction of sp³-hybridized carbons (Fsp3) is 0.600. The van der Waals surface area contributed by atoms with Gasteiger partial charge in [0.15, 0.2) is 0 Å². The molecule has 2 rings (SSSR count). The summed E-state index contributed by atoms with van der Waals surface area (Å²) >= 11 is 5.73. The average Bonchev–Trinajstić information content (AvgIpc) is 2.46. The zero-order valence-electron chi connectivity index (χ0n) is 11.8. The van der Waals surface area contributed by atoms with Crippen molar-refractivity contribution in [2.75, 3.05) is 26.2 Å². The molecule has 112 valence electrons. The van der Waals surface area contributed by atoms with Crippen LogP contribution in [0.2, 0.25) is 5.02 Å². The summed E-state index contributed by atoms with van der Waals surface area (Å²) in [5.41, 5.74) is 6.78. The first-order valence-electron chi connectivity index (χ1n) is 7.16. The Morgan fingerprint density at radius 1 is 1.45 bits per heavy atom. The molecule has 0 aliphatic carbocycles. The van der Waals surface area contributed by atoms with E-state index in [1.165, 1.54) is 6.07 Å². The summed E-state index contributed by atoms with van der Waals surface area (Å²) in [4.78, 5) is 2.30. The molecule has 20 heavy (non-hydrogen) atoms. The van der Waals surface area contributed by atoms with Crippen molar-refractivity contribution in [2.24, 2.45) is 5.73 Å². The third kappa shape index (κ3) is 3.70. The molecule has 1 unspecified atom stereocenters. The van der Waals surface area contributed by atoms with Crippen LogP contribution in [0.1, 0.15) is 31.4 Å². The van der Waals surface area contributed by atoms with Crippen molar-refractivity contribution >= 4 is 11.6 Å². The summed E-state index contributed by atoms with van der Waals surface area (Å²) in [7, 11) is 0. The van der Waals surface area contributed by atoms with Gasteiger partial charge in [0, 0.05) is 32.3 Å². The Kier molecular flexibility index (Phi) is 5.78. The minimum atomic E-state index is -0.383. The van der Waals surface area contributed by atoms with Crippen LogP contribution in [0.3, 0.4) is 0 Å². The van der Waals surface area contributed by atoms with Gasteiger partial charge in [0.2, 0.25) is 0 Å². The molecule has 3 nitrogen and oxygen atoms in total. The fourth-order valence-electron chi connectivity index (χ4n) is 2.81. The molecule has 5 heteroatoms. The first-order chi connectivity index (χ1) is 9.65. The number of hydrogen-bond donors (Lipinski definition) is 1. The van der Waals surface area contributed by atoms with Gasteiger partial charge in [0.1, 0.15) is 5.82 Å². The van der Waals surface area contributed by atoms with Gasteiger partial charge < -0.3 is 10.5 Å². The summed E-state index contributed by atoms with van der Waals surface area (Å²) < 4.78 is 19.2. The first-order valence-corrected chi connectivity index (χ1v) is 7.54. The van der Waals surface area contributed by atoms with Crippen molar-refractivity contribution in [3.8, 4) is 0 Å². The maximum absolute atomic E-state index is 13.6. The second kappa shape index (κ2) is 7.36. The third-order valence-corrected chi connectivity index (χ3v) is 4.18. The monoisotopic (exact) mass is 300 g/mol. The van der Waals surface area contributed by atoms with Crippen LogP contribution >= 0.6 is 11.6 Å². The van der Waals surface area contributed by atoms with Crippen molar-refractivity contribution in [1.29, 1.82) is 0 Å². The Morgan fingerprint density at radius 2 is 2.15 bits per heavy atom. The molecular formula is C15H22ClFN2O. The van der Waals surface area contributed by atoms with E-state index in [0.717, 1.165) is 38.1 Å². The molecule has 1 aliphatic heterocycles. The Morgan fingerprint density at radius 3 is 2.70 bits per heavy atom. The Labute approximate surface area is 124 Å². The zero-order chi connectivity index (χ0) is 14.5. The summed E-state index contributed by atoms with van der Waals surface area (Å²) in [6.45, 7) is 5.10. The van der Waals surface area contributed by atoms with E-state index >= 15 is 0 Å². The van der Waals surface area contributed by atoms with Gasteiger partial charge in [0.25, 0.3) is 0 Å². The standard InChI is InChI=1S/C15H22ClFN2O/c1-2-20-12-5-7-19(8-6-12)15(10-18)11-3-4-13(16)14(17)9-11/h3-4,9,12,15H,2,5-8,10,18H2,1H3. The summed E-state index contributed by atoms with van der Waals surface area (Å²) in [6, 6.07) is 5.00. The van der Waals surface area contributed by atoms with Crippen LogP contribution in [0.25, 0.3) is 0 Å². The molecule has 1 aliphatic rings. The number of nitrogens with two attached hydrogens (primary N) is 1. The number of halogens is 2. The van der Waals surface area contributed by atoms with E-state index in [1.54, 1.807) is 6.07 Å². The fourth-order valence-corrected chi connectivity index (χ4v) is 2.92. The molecule has 0 aromatic heterocycles. The van der Waals surface area contributed by atoms with Gasteiger partial charge in [-0.2, -0.15) is 0 Å². The van der Waals surface area contributed by atoms with Gasteiger partial charge in [0.05, 0.1) is 11.1 Å². The lowest BCUT2D eigenvalue weighted by atomic mass is 10.0. The molecule has 0 amide bonds. The number of nitrogens with zero attached hydrogens (tertiary/aromatic N) is 1. The summed E-state index contributed by atoms with van der Waals surface area (Å²) in [5, 5.41) is 0.152.